The highest BCUT2D eigenvalue weighted by Crippen LogP contribution is 2.30. The molecule has 2 aromatic rings. The fourth-order valence-corrected chi connectivity index (χ4v) is 2.12. The standard InChI is InChI=1S/C16H19NO/c1-12-7-6-8-14(11-12)17(3)16-10-5-4-9-15(16)13(2)18/h4-11,13,18H,1-3H3/t13-/m1/s1. The molecule has 0 bridgehead atoms. The van der Waals surface area contributed by atoms with Gasteiger partial charge >= 0.3 is 0 Å². The summed E-state index contributed by atoms with van der Waals surface area (Å²) >= 11 is 0. The zero-order valence-electron chi connectivity index (χ0n) is 11.1. The van der Waals surface area contributed by atoms with Crippen LogP contribution >= 0.6 is 0 Å². The quantitative estimate of drug-likeness (QED) is 0.883. The largest absolute Gasteiger partial charge is 0.389 e. The summed E-state index contributed by atoms with van der Waals surface area (Å²) in [6.45, 7) is 3.88. The molecule has 0 unspecified atom stereocenters. The molecule has 0 fully saturated rings. The number of para-hydroxylation sites is 1. The summed E-state index contributed by atoms with van der Waals surface area (Å²) in [5, 5.41) is 9.83. The van der Waals surface area contributed by atoms with E-state index >= 15 is 0 Å². The van der Waals surface area contributed by atoms with Crippen molar-refractivity contribution in [2.24, 2.45) is 0 Å². The molecule has 0 aromatic heterocycles. The van der Waals surface area contributed by atoms with Gasteiger partial charge in [-0.05, 0) is 37.6 Å². The summed E-state index contributed by atoms with van der Waals surface area (Å²) in [5.41, 5.74) is 4.34. The van der Waals surface area contributed by atoms with Crippen molar-refractivity contribution in [3.63, 3.8) is 0 Å². The predicted molar refractivity (Wildman–Crippen MR) is 76.3 cm³/mol. The molecule has 2 aromatic carbocycles. The van der Waals surface area contributed by atoms with Gasteiger partial charge in [-0.2, -0.15) is 0 Å². The average Bonchev–Trinajstić information content (AvgIpc) is 2.38. The van der Waals surface area contributed by atoms with Crippen molar-refractivity contribution >= 4 is 11.4 Å². The summed E-state index contributed by atoms with van der Waals surface area (Å²) < 4.78 is 0. The Morgan fingerprint density at radius 1 is 1.06 bits per heavy atom. The molecule has 0 heterocycles. The van der Waals surface area contributed by atoms with Crippen LogP contribution in [0.25, 0.3) is 0 Å². The number of aliphatic hydroxyl groups is 1. The zero-order chi connectivity index (χ0) is 13.1. The fourth-order valence-electron chi connectivity index (χ4n) is 2.12. The van der Waals surface area contributed by atoms with Crippen molar-refractivity contribution in [1.82, 2.24) is 0 Å². The molecular weight excluding hydrogens is 222 g/mol. The summed E-state index contributed by atoms with van der Waals surface area (Å²) in [6.07, 6.45) is -0.464. The molecule has 1 atom stereocenters. The first-order chi connectivity index (χ1) is 8.59. The minimum absolute atomic E-state index is 0.464. The molecule has 0 saturated heterocycles. The Kier molecular flexibility index (Phi) is 3.68. The molecule has 18 heavy (non-hydrogen) atoms. The van der Waals surface area contributed by atoms with E-state index in [1.54, 1.807) is 6.92 Å². The number of aryl methyl sites for hydroxylation is 1. The number of anilines is 2. The zero-order valence-corrected chi connectivity index (χ0v) is 11.1. The lowest BCUT2D eigenvalue weighted by molar-refractivity contribution is 0.200. The van der Waals surface area contributed by atoms with E-state index in [-0.39, 0.29) is 0 Å². The normalized spacial score (nSPS) is 12.2. The van der Waals surface area contributed by atoms with Gasteiger partial charge < -0.3 is 10.0 Å². The Morgan fingerprint density at radius 2 is 1.78 bits per heavy atom. The maximum atomic E-state index is 9.83. The Bertz CT molecular complexity index is 534. The van der Waals surface area contributed by atoms with Crippen LogP contribution in [0.1, 0.15) is 24.2 Å². The Balaban J connectivity index is 2.43. The van der Waals surface area contributed by atoms with E-state index in [2.05, 4.69) is 30.0 Å². The van der Waals surface area contributed by atoms with Gasteiger partial charge in [0.05, 0.1) is 6.10 Å². The maximum absolute atomic E-state index is 9.83. The Labute approximate surface area is 109 Å². The molecule has 1 N–H and O–H groups in total. The molecule has 0 saturated carbocycles. The summed E-state index contributed by atoms with van der Waals surface area (Å²) in [6, 6.07) is 16.3. The van der Waals surface area contributed by atoms with Crippen LogP contribution in [0.4, 0.5) is 11.4 Å². The van der Waals surface area contributed by atoms with Crippen LogP contribution in [-0.2, 0) is 0 Å². The Hall–Kier alpha value is -1.80. The molecule has 2 rings (SSSR count). The maximum Gasteiger partial charge on any atom is 0.0782 e. The molecule has 94 valence electrons. The van der Waals surface area contributed by atoms with Crippen LogP contribution in [0.3, 0.4) is 0 Å². The smallest absolute Gasteiger partial charge is 0.0782 e. The van der Waals surface area contributed by atoms with Crippen molar-refractivity contribution in [3.8, 4) is 0 Å². The first-order valence-corrected chi connectivity index (χ1v) is 6.17. The second-order valence-corrected chi connectivity index (χ2v) is 4.63. The molecule has 2 nitrogen and oxygen atoms in total. The monoisotopic (exact) mass is 241 g/mol. The van der Waals surface area contributed by atoms with Gasteiger partial charge in [0.25, 0.3) is 0 Å². The van der Waals surface area contributed by atoms with Crippen LogP contribution in [0.15, 0.2) is 48.5 Å². The van der Waals surface area contributed by atoms with Gasteiger partial charge in [-0.15, -0.1) is 0 Å². The van der Waals surface area contributed by atoms with Crippen molar-refractivity contribution in [3.05, 3.63) is 59.7 Å². The van der Waals surface area contributed by atoms with Crippen LogP contribution in [-0.4, -0.2) is 12.2 Å². The van der Waals surface area contributed by atoms with Crippen molar-refractivity contribution in [2.45, 2.75) is 20.0 Å². The van der Waals surface area contributed by atoms with E-state index in [9.17, 15) is 5.11 Å². The van der Waals surface area contributed by atoms with E-state index in [1.165, 1.54) is 5.56 Å². The highest BCUT2D eigenvalue weighted by atomic mass is 16.3. The molecule has 0 radical (unpaired) electrons. The highest BCUT2D eigenvalue weighted by Gasteiger charge is 2.12. The summed E-state index contributed by atoms with van der Waals surface area (Å²) in [4.78, 5) is 2.11. The summed E-state index contributed by atoms with van der Waals surface area (Å²) in [5.74, 6) is 0. The SMILES string of the molecule is Cc1cccc(N(C)c2ccccc2[C@@H](C)O)c1. The van der Waals surface area contributed by atoms with Crippen molar-refractivity contribution in [1.29, 1.82) is 0 Å². The third-order valence-electron chi connectivity index (χ3n) is 3.14. The second-order valence-electron chi connectivity index (χ2n) is 4.63. The van der Waals surface area contributed by atoms with E-state index in [0.29, 0.717) is 0 Å². The van der Waals surface area contributed by atoms with Crippen molar-refractivity contribution < 1.29 is 5.11 Å². The lowest BCUT2D eigenvalue weighted by Crippen LogP contribution is -2.12. The van der Waals surface area contributed by atoms with E-state index < -0.39 is 6.10 Å². The lowest BCUT2D eigenvalue weighted by Gasteiger charge is -2.24. The van der Waals surface area contributed by atoms with E-state index in [4.69, 9.17) is 0 Å². The number of rotatable bonds is 3. The number of benzene rings is 2. The minimum Gasteiger partial charge on any atom is -0.389 e. The average molecular weight is 241 g/mol. The third kappa shape index (κ3) is 2.54. The van der Waals surface area contributed by atoms with Gasteiger partial charge in [0.2, 0.25) is 0 Å². The molecule has 2 heteroatoms. The fraction of sp³-hybridized carbons (Fsp3) is 0.250. The predicted octanol–water partition coefficient (Wildman–Crippen LogP) is 3.82. The van der Waals surface area contributed by atoms with Crippen LogP contribution in [0.2, 0.25) is 0 Å². The van der Waals surface area contributed by atoms with Crippen molar-refractivity contribution in [2.75, 3.05) is 11.9 Å². The topological polar surface area (TPSA) is 23.5 Å². The first kappa shape index (κ1) is 12.7. The Morgan fingerprint density at radius 3 is 2.44 bits per heavy atom. The van der Waals surface area contributed by atoms with E-state index in [0.717, 1.165) is 16.9 Å². The third-order valence-corrected chi connectivity index (χ3v) is 3.14. The lowest BCUT2D eigenvalue weighted by atomic mass is 10.1. The highest BCUT2D eigenvalue weighted by molar-refractivity contribution is 5.66. The van der Waals surface area contributed by atoms with E-state index in [1.807, 2.05) is 37.4 Å². The van der Waals surface area contributed by atoms with Crippen LogP contribution < -0.4 is 4.90 Å². The number of hydrogen-bond donors (Lipinski definition) is 1. The van der Waals surface area contributed by atoms with Gasteiger partial charge in [-0.1, -0.05) is 30.3 Å². The summed E-state index contributed by atoms with van der Waals surface area (Å²) in [7, 11) is 2.02. The molecule has 0 aliphatic carbocycles. The first-order valence-electron chi connectivity index (χ1n) is 6.17. The van der Waals surface area contributed by atoms with Gasteiger partial charge in [0.1, 0.15) is 0 Å². The minimum atomic E-state index is -0.464. The molecule has 0 amide bonds. The van der Waals surface area contributed by atoms with Gasteiger partial charge in [-0.25, -0.2) is 0 Å². The van der Waals surface area contributed by atoms with Gasteiger partial charge in [0, 0.05) is 24.0 Å². The second kappa shape index (κ2) is 5.23. The van der Waals surface area contributed by atoms with Gasteiger partial charge in [-0.3, -0.25) is 0 Å². The number of nitrogens with zero attached hydrogens (tertiary/aromatic N) is 1. The van der Waals surface area contributed by atoms with Gasteiger partial charge in [0.15, 0.2) is 0 Å². The molecule has 0 spiro atoms. The van der Waals surface area contributed by atoms with Crippen LogP contribution in [0.5, 0.6) is 0 Å². The number of hydrogen-bond acceptors (Lipinski definition) is 2. The number of aliphatic hydroxyl groups excluding tert-OH is 1. The molecular formula is C16H19NO. The van der Waals surface area contributed by atoms with Crippen LogP contribution in [0, 0.1) is 6.92 Å². The molecule has 0 aliphatic heterocycles. The molecule has 0 aliphatic rings.